The van der Waals surface area contributed by atoms with Crippen LogP contribution in [0.1, 0.15) is 45.1 Å². The summed E-state index contributed by atoms with van der Waals surface area (Å²) in [5.74, 6) is 1.50. The molecule has 2 N–H and O–H groups in total. The van der Waals surface area contributed by atoms with E-state index in [0.29, 0.717) is 11.8 Å². The van der Waals surface area contributed by atoms with Crippen molar-refractivity contribution < 1.29 is 4.79 Å². The zero-order valence-electron chi connectivity index (χ0n) is 16.4. The van der Waals surface area contributed by atoms with E-state index in [1.54, 1.807) is 0 Å². The van der Waals surface area contributed by atoms with Crippen molar-refractivity contribution >= 4 is 5.91 Å². The molecule has 3 rings (SSSR count). The lowest BCUT2D eigenvalue weighted by Crippen LogP contribution is -2.53. The molecule has 1 aromatic carbocycles. The topological polar surface area (TPSA) is 49.6 Å². The standard InChI is InChI=1S/C22H35N3O/c1-17(23)21-9-6-12-25(16-21)22(26)18(2)24-13-10-20(11-14-24)15-19-7-4-3-5-8-19/h3-5,7-8,17-18,20-21H,6,9-16,23H2,1-2H3. The number of likely N-dealkylation sites (tertiary alicyclic amines) is 2. The molecule has 0 aromatic heterocycles. The van der Waals surface area contributed by atoms with Crippen LogP contribution >= 0.6 is 0 Å². The molecule has 2 fully saturated rings. The second-order valence-electron chi connectivity index (χ2n) is 8.39. The monoisotopic (exact) mass is 357 g/mol. The summed E-state index contributed by atoms with van der Waals surface area (Å²) in [7, 11) is 0. The predicted molar refractivity (Wildman–Crippen MR) is 107 cm³/mol. The molecular formula is C22H35N3O. The second kappa shape index (κ2) is 9.01. The predicted octanol–water partition coefficient (Wildman–Crippen LogP) is 2.92. The molecule has 0 radical (unpaired) electrons. The number of carbonyl (C=O) groups is 1. The van der Waals surface area contributed by atoms with E-state index in [1.807, 2.05) is 0 Å². The van der Waals surface area contributed by atoms with E-state index in [4.69, 9.17) is 5.73 Å². The van der Waals surface area contributed by atoms with Gasteiger partial charge in [-0.2, -0.15) is 0 Å². The average Bonchev–Trinajstić information content (AvgIpc) is 2.68. The minimum absolute atomic E-state index is 0.000458. The van der Waals surface area contributed by atoms with Crippen LogP contribution in [0.2, 0.25) is 0 Å². The van der Waals surface area contributed by atoms with Crippen molar-refractivity contribution in [1.29, 1.82) is 0 Å². The highest BCUT2D eigenvalue weighted by Gasteiger charge is 2.32. The number of piperidine rings is 2. The first-order valence-corrected chi connectivity index (χ1v) is 10.4. The van der Waals surface area contributed by atoms with Gasteiger partial charge in [-0.1, -0.05) is 30.3 Å². The van der Waals surface area contributed by atoms with E-state index in [1.165, 1.54) is 24.8 Å². The molecule has 2 heterocycles. The van der Waals surface area contributed by atoms with Gasteiger partial charge in [0.05, 0.1) is 6.04 Å². The van der Waals surface area contributed by atoms with Gasteiger partial charge < -0.3 is 10.6 Å². The number of rotatable bonds is 5. The Morgan fingerprint density at radius 3 is 2.46 bits per heavy atom. The van der Waals surface area contributed by atoms with Gasteiger partial charge in [-0.15, -0.1) is 0 Å². The van der Waals surface area contributed by atoms with Crippen molar-refractivity contribution in [3.05, 3.63) is 35.9 Å². The molecule has 0 spiro atoms. The summed E-state index contributed by atoms with van der Waals surface area (Å²) in [6.45, 7) is 7.97. The summed E-state index contributed by atoms with van der Waals surface area (Å²) in [5.41, 5.74) is 7.51. The van der Waals surface area contributed by atoms with E-state index in [2.05, 4.69) is 54.0 Å². The first kappa shape index (κ1) is 19.4. The molecular weight excluding hydrogens is 322 g/mol. The van der Waals surface area contributed by atoms with Crippen LogP contribution in [0.3, 0.4) is 0 Å². The van der Waals surface area contributed by atoms with Gasteiger partial charge in [0.2, 0.25) is 5.91 Å². The number of nitrogens with two attached hydrogens (primary N) is 1. The van der Waals surface area contributed by atoms with Crippen molar-refractivity contribution in [2.45, 2.75) is 58.0 Å². The van der Waals surface area contributed by atoms with Crippen LogP contribution in [-0.2, 0) is 11.2 Å². The van der Waals surface area contributed by atoms with Crippen molar-refractivity contribution in [2.24, 2.45) is 17.6 Å². The maximum Gasteiger partial charge on any atom is 0.239 e. The Morgan fingerprint density at radius 1 is 1.12 bits per heavy atom. The van der Waals surface area contributed by atoms with E-state index in [-0.39, 0.29) is 12.1 Å². The third-order valence-electron chi connectivity index (χ3n) is 6.43. The van der Waals surface area contributed by atoms with Gasteiger partial charge in [-0.3, -0.25) is 9.69 Å². The Hall–Kier alpha value is -1.39. The summed E-state index contributed by atoms with van der Waals surface area (Å²) >= 11 is 0. The van der Waals surface area contributed by atoms with Crippen LogP contribution in [0.25, 0.3) is 0 Å². The fourth-order valence-corrected chi connectivity index (χ4v) is 4.55. The molecule has 2 aliphatic heterocycles. The summed E-state index contributed by atoms with van der Waals surface area (Å²) in [6, 6.07) is 11.0. The smallest absolute Gasteiger partial charge is 0.239 e. The van der Waals surface area contributed by atoms with Gasteiger partial charge in [0.15, 0.2) is 0 Å². The number of nitrogens with zero attached hydrogens (tertiary/aromatic N) is 2. The minimum Gasteiger partial charge on any atom is -0.341 e. The number of amides is 1. The fourth-order valence-electron chi connectivity index (χ4n) is 4.55. The third-order valence-corrected chi connectivity index (χ3v) is 6.43. The highest BCUT2D eigenvalue weighted by molar-refractivity contribution is 5.81. The van der Waals surface area contributed by atoms with E-state index >= 15 is 0 Å². The molecule has 0 saturated carbocycles. The van der Waals surface area contributed by atoms with Crippen LogP contribution < -0.4 is 5.73 Å². The molecule has 1 amide bonds. The number of carbonyl (C=O) groups excluding carboxylic acids is 1. The zero-order chi connectivity index (χ0) is 18.5. The molecule has 2 saturated heterocycles. The lowest BCUT2D eigenvalue weighted by molar-refractivity contribution is -0.139. The Balaban J connectivity index is 1.48. The first-order valence-electron chi connectivity index (χ1n) is 10.4. The van der Waals surface area contributed by atoms with Crippen molar-refractivity contribution in [2.75, 3.05) is 26.2 Å². The quantitative estimate of drug-likeness (QED) is 0.881. The second-order valence-corrected chi connectivity index (χ2v) is 8.39. The summed E-state index contributed by atoms with van der Waals surface area (Å²) in [5, 5.41) is 0. The molecule has 4 nitrogen and oxygen atoms in total. The largest absolute Gasteiger partial charge is 0.341 e. The summed E-state index contributed by atoms with van der Waals surface area (Å²) in [6.07, 6.45) is 5.79. The SMILES string of the molecule is CC(N)C1CCCN(C(=O)C(C)N2CCC(Cc3ccccc3)CC2)C1. The van der Waals surface area contributed by atoms with Gasteiger partial charge in [-0.05, 0) is 76.4 Å². The number of hydrogen-bond acceptors (Lipinski definition) is 3. The van der Waals surface area contributed by atoms with Crippen LogP contribution in [0.4, 0.5) is 0 Å². The van der Waals surface area contributed by atoms with E-state index < -0.39 is 0 Å². The average molecular weight is 358 g/mol. The maximum absolute atomic E-state index is 13.0. The molecule has 0 aliphatic carbocycles. The van der Waals surface area contributed by atoms with Crippen LogP contribution in [0.15, 0.2) is 30.3 Å². The van der Waals surface area contributed by atoms with Gasteiger partial charge in [-0.25, -0.2) is 0 Å². The fraction of sp³-hybridized carbons (Fsp3) is 0.682. The Labute approximate surface area is 158 Å². The van der Waals surface area contributed by atoms with Gasteiger partial charge in [0.25, 0.3) is 0 Å². The van der Waals surface area contributed by atoms with Crippen LogP contribution in [0, 0.1) is 11.8 Å². The van der Waals surface area contributed by atoms with Crippen LogP contribution in [-0.4, -0.2) is 54.0 Å². The maximum atomic E-state index is 13.0. The molecule has 26 heavy (non-hydrogen) atoms. The van der Waals surface area contributed by atoms with Crippen molar-refractivity contribution in [3.63, 3.8) is 0 Å². The third kappa shape index (κ3) is 4.86. The highest BCUT2D eigenvalue weighted by Crippen LogP contribution is 2.25. The van der Waals surface area contributed by atoms with Crippen molar-refractivity contribution in [1.82, 2.24) is 9.80 Å². The van der Waals surface area contributed by atoms with Gasteiger partial charge in [0, 0.05) is 19.1 Å². The number of benzene rings is 1. The Morgan fingerprint density at radius 2 is 1.81 bits per heavy atom. The Bertz CT molecular complexity index is 566. The summed E-state index contributed by atoms with van der Waals surface area (Å²) in [4.78, 5) is 17.4. The Kier molecular flexibility index (Phi) is 6.71. The van der Waals surface area contributed by atoms with Gasteiger partial charge >= 0.3 is 0 Å². The van der Waals surface area contributed by atoms with Crippen molar-refractivity contribution in [3.8, 4) is 0 Å². The normalized spacial score (nSPS) is 25.0. The van der Waals surface area contributed by atoms with Crippen LogP contribution in [0.5, 0.6) is 0 Å². The molecule has 144 valence electrons. The molecule has 1 aromatic rings. The molecule has 3 atom stereocenters. The molecule has 4 heteroatoms. The minimum atomic E-state index is -0.000458. The molecule has 2 aliphatic rings. The van der Waals surface area contributed by atoms with E-state index in [9.17, 15) is 4.79 Å². The van der Waals surface area contributed by atoms with Gasteiger partial charge in [0.1, 0.15) is 0 Å². The first-order chi connectivity index (χ1) is 12.5. The lowest BCUT2D eigenvalue weighted by atomic mass is 9.89. The highest BCUT2D eigenvalue weighted by atomic mass is 16.2. The number of hydrogen-bond donors (Lipinski definition) is 1. The van der Waals surface area contributed by atoms with E-state index in [0.717, 1.165) is 44.9 Å². The molecule has 3 unspecified atom stereocenters. The zero-order valence-corrected chi connectivity index (χ0v) is 16.4. The lowest BCUT2D eigenvalue weighted by Gasteiger charge is -2.40. The molecule has 0 bridgehead atoms. The summed E-state index contributed by atoms with van der Waals surface area (Å²) < 4.78 is 0.